The standard InChI is InChI=1S/C17H12ClF3N4OS3/c18-9-1-6-13(12(19)7-9)23-14(26)8-27-17-25-24-16(29-17)22-10-2-4-11(5-3-10)28-15(20)21/h1-7,15H,8H2,(H,22,24)(H,23,26). The van der Waals surface area contributed by atoms with Crippen LogP contribution in [-0.4, -0.2) is 27.6 Å². The minimum absolute atomic E-state index is 0.0241. The van der Waals surface area contributed by atoms with E-state index in [-0.39, 0.29) is 16.5 Å². The van der Waals surface area contributed by atoms with E-state index in [9.17, 15) is 18.0 Å². The summed E-state index contributed by atoms with van der Waals surface area (Å²) >= 11 is 8.53. The summed E-state index contributed by atoms with van der Waals surface area (Å²) in [4.78, 5) is 12.4. The topological polar surface area (TPSA) is 66.9 Å². The summed E-state index contributed by atoms with van der Waals surface area (Å²) in [5, 5.41) is 14.2. The number of halogens is 4. The van der Waals surface area contributed by atoms with Gasteiger partial charge >= 0.3 is 0 Å². The van der Waals surface area contributed by atoms with Gasteiger partial charge in [-0.05, 0) is 42.5 Å². The van der Waals surface area contributed by atoms with Gasteiger partial charge in [-0.2, -0.15) is 8.78 Å². The Morgan fingerprint density at radius 1 is 1.17 bits per heavy atom. The van der Waals surface area contributed by atoms with Gasteiger partial charge in [0.25, 0.3) is 5.76 Å². The molecule has 0 spiro atoms. The molecular weight excluding hydrogens is 465 g/mol. The summed E-state index contributed by atoms with van der Waals surface area (Å²) in [6, 6.07) is 10.5. The van der Waals surface area contributed by atoms with Crippen molar-refractivity contribution >= 4 is 68.9 Å². The van der Waals surface area contributed by atoms with Gasteiger partial charge in [0.05, 0.1) is 11.4 Å². The van der Waals surface area contributed by atoms with E-state index < -0.39 is 17.5 Å². The van der Waals surface area contributed by atoms with E-state index in [1.807, 2.05) is 0 Å². The number of anilines is 3. The van der Waals surface area contributed by atoms with Crippen molar-refractivity contribution in [1.82, 2.24) is 10.2 Å². The van der Waals surface area contributed by atoms with Crippen LogP contribution in [0.4, 0.5) is 29.7 Å². The van der Waals surface area contributed by atoms with Crippen LogP contribution in [0.2, 0.25) is 5.02 Å². The summed E-state index contributed by atoms with van der Waals surface area (Å²) < 4.78 is 38.9. The molecule has 2 N–H and O–H groups in total. The number of nitrogens with one attached hydrogen (secondary N) is 2. The highest BCUT2D eigenvalue weighted by molar-refractivity contribution is 8.01. The molecule has 0 aliphatic carbocycles. The van der Waals surface area contributed by atoms with E-state index in [1.165, 1.54) is 23.5 Å². The molecule has 0 unspecified atom stereocenters. The molecule has 0 radical (unpaired) electrons. The van der Waals surface area contributed by atoms with Crippen molar-refractivity contribution in [2.75, 3.05) is 16.4 Å². The minimum Gasteiger partial charge on any atom is -0.330 e. The first-order valence-corrected chi connectivity index (χ1v) is 11.0. The lowest BCUT2D eigenvalue weighted by molar-refractivity contribution is -0.113. The number of nitrogens with zero attached hydrogens (tertiary/aromatic N) is 2. The molecule has 0 aliphatic rings. The number of amides is 1. The number of aromatic nitrogens is 2. The SMILES string of the molecule is O=C(CSc1nnc(Nc2ccc(SC(F)F)cc2)s1)Nc1ccc(Cl)cc1F. The monoisotopic (exact) mass is 476 g/mol. The van der Waals surface area contributed by atoms with Gasteiger partial charge in [-0.1, -0.05) is 46.5 Å². The summed E-state index contributed by atoms with van der Waals surface area (Å²) in [6.45, 7) is 0. The van der Waals surface area contributed by atoms with Gasteiger partial charge in [0.15, 0.2) is 4.34 Å². The second-order valence-electron chi connectivity index (χ2n) is 5.36. The van der Waals surface area contributed by atoms with Crippen LogP contribution in [0.25, 0.3) is 0 Å². The Bertz CT molecular complexity index is 988. The molecule has 0 aliphatic heterocycles. The van der Waals surface area contributed by atoms with Gasteiger partial charge in [-0.25, -0.2) is 4.39 Å². The van der Waals surface area contributed by atoms with Crippen molar-refractivity contribution in [2.45, 2.75) is 15.0 Å². The van der Waals surface area contributed by atoms with Gasteiger partial charge in [0.2, 0.25) is 11.0 Å². The van der Waals surface area contributed by atoms with Crippen molar-refractivity contribution in [3.05, 3.63) is 53.3 Å². The van der Waals surface area contributed by atoms with E-state index in [1.54, 1.807) is 24.3 Å². The fourth-order valence-electron chi connectivity index (χ4n) is 2.07. The zero-order valence-electron chi connectivity index (χ0n) is 14.4. The van der Waals surface area contributed by atoms with E-state index in [0.29, 0.717) is 31.8 Å². The first-order chi connectivity index (χ1) is 13.9. The summed E-state index contributed by atoms with van der Waals surface area (Å²) in [5.74, 6) is -3.45. The van der Waals surface area contributed by atoms with E-state index in [2.05, 4.69) is 20.8 Å². The number of hydrogen-bond donors (Lipinski definition) is 2. The Morgan fingerprint density at radius 2 is 1.93 bits per heavy atom. The molecule has 3 aromatic rings. The summed E-state index contributed by atoms with van der Waals surface area (Å²) in [7, 11) is 0. The van der Waals surface area contributed by atoms with Crippen LogP contribution in [0.3, 0.4) is 0 Å². The second kappa shape index (κ2) is 10.2. The van der Waals surface area contributed by atoms with Gasteiger partial charge < -0.3 is 10.6 Å². The van der Waals surface area contributed by atoms with Gasteiger partial charge in [0, 0.05) is 15.6 Å². The first-order valence-electron chi connectivity index (χ1n) is 7.92. The molecule has 0 saturated heterocycles. The molecule has 12 heteroatoms. The molecule has 2 aromatic carbocycles. The second-order valence-corrected chi connectivity index (χ2v) is 9.06. The number of alkyl halides is 2. The van der Waals surface area contributed by atoms with Crippen LogP contribution >= 0.6 is 46.5 Å². The highest BCUT2D eigenvalue weighted by Gasteiger charge is 2.11. The highest BCUT2D eigenvalue weighted by atomic mass is 35.5. The smallest absolute Gasteiger partial charge is 0.288 e. The lowest BCUT2D eigenvalue weighted by Gasteiger charge is -2.05. The quantitative estimate of drug-likeness (QED) is 0.382. The number of thioether (sulfide) groups is 2. The summed E-state index contributed by atoms with van der Waals surface area (Å²) in [6.07, 6.45) is 0. The van der Waals surface area contributed by atoms with Crippen molar-refractivity contribution in [3.8, 4) is 0 Å². The average Bonchev–Trinajstić information content (AvgIpc) is 3.11. The fraction of sp³-hybridized carbons (Fsp3) is 0.118. The molecule has 152 valence electrons. The minimum atomic E-state index is -2.47. The molecule has 5 nitrogen and oxygen atoms in total. The Hall–Kier alpha value is -1.95. The zero-order valence-corrected chi connectivity index (χ0v) is 17.6. The maximum Gasteiger partial charge on any atom is 0.288 e. The lowest BCUT2D eigenvalue weighted by atomic mass is 10.3. The van der Waals surface area contributed by atoms with Crippen LogP contribution in [0, 0.1) is 5.82 Å². The first kappa shape index (κ1) is 21.8. The Morgan fingerprint density at radius 3 is 2.62 bits per heavy atom. The maximum atomic E-state index is 13.7. The predicted molar refractivity (Wildman–Crippen MR) is 112 cm³/mol. The average molecular weight is 477 g/mol. The van der Waals surface area contributed by atoms with Gasteiger partial charge in [-0.15, -0.1) is 10.2 Å². The molecule has 0 bridgehead atoms. The van der Waals surface area contributed by atoms with Crippen molar-refractivity contribution < 1.29 is 18.0 Å². The van der Waals surface area contributed by atoms with Crippen molar-refractivity contribution in [3.63, 3.8) is 0 Å². The van der Waals surface area contributed by atoms with Crippen LogP contribution in [0.1, 0.15) is 0 Å². The van der Waals surface area contributed by atoms with Crippen molar-refractivity contribution in [2.24, 2.45) is 0 Å². The van der Waals surface area contributed by atoms with Gasteiger partial charge in [-0.3, -0.25) is 4.79 Å². The number of carbonyl (C=O) groups excluding carboxylic acids is 1. The van der Waals surface area contributed by atoms with Crippen LogP contribution in [0.5, 0.6) is 0 Å². The third kappa shape index (κ3) is 6.81. The zero-order chi connectivity index (χ0) is 20.8. The van der Waals surface area contributed by atoms with Gasteiger partial charge in [0.1, 0.15) is 5.82 Å². The highest BCUT2D eigenvalue weighted by Crippen LogP contribution is 2.30. The largest absolute Gasteiger partial charge is 0.330 e. The van der Waals surface area contributed by atoms with Crippen molar-refractivity contribution in [1.29, 1.82) is 0 Å². The molecule has 3 rings (SSSR count). The Balaban J connectivity index is 1.50. The van der Waals surface area contributed by atoms with E-state index in [0.717, 1.165) is 17.8 Å². The normalized spacial score (nSPS) is 10.9. The maximum absolute atomic E-state index is 13.7. The molecule has 0 fully saturated rings. The van der Waals surface area contributed by atoms with E-state index in [4.69, 9.17) is 11.6 Å². The molecular formula is C17H12ClF3N4OS3. The number of hydrogen-bond acceptors (Lipinski definition) is 7. The van der Waals surface area contributed by atoms with Crippen LogP contribution in [0.15, 0.2) is 51.7 Å². The third-order valence-electron chi connectivity index (χ3n) is 3.27. The lowest BCUT2D eigenvalue weighted by Crippen LogP contribution is -2.14. The van der Waals surface area contributed by atoms with Crippen LogP contribution < -0.4 is 10.6 Å². The van der Waals surface area contributed by atoms with E-state index >= 15 is 0 Å². The molecule has 1 amide bonds. The number of carbonyl (C=O) groups is 1. The Kier molecular flexibility index (Phi) is 7.64. The molecule has 0 atom stereocenters. The molecule has 0 saturated carbocycles. The molecule has 1 aromatic heterocycles. The number of benzene rings is 2. The predicted octanol–water partition coefficient (Wildman–Crippen LogP) is 6.12. The van der Waals surface area contributed by atoms with Crippen LogP contribution in [-0.2, 0) is 4.79 Å². The molecule has 1 heterocycles. The number of rotatable bonds is 8. The third-order valence-corrected chi connectivity index (χ3v) is 6.20. The molecule has 29 heavy (non-hydrogen) atoms. The fourth-order valence-corrected chi connectivity index (χ4v) is 4.30. The Labute approximate surface area is 181 Å². The summed E-state index contributed by atoms with van der Waals surface area (Å²) in [5.41, 5.74) is 0.723.